The molecule has 0 bridgehead atoms. The van der Waals surface area contributed by atoms with Gasteiger partial charge in [0.25, 0.3) is 0 Å². The van der Waals surface area contributed by atoms with Crippen LogP contribution in [0.3, 0.4) is 0 Å². The summed E-state index contributed by atoms with van der Waals surface area (Å²) in [6.45, 7) is 3.50. The fourth-order valence-corrected chi connectivity index (χ4v) is 5.02. The highest BCUT2D eigenvalue weighted by Crippen LogP contribution is 2.47. The zero-order chi connectivity index (χ0) is 24.7. The van der Waals surface area contributed by atoms with Crippen molar-refractivity contribution in [1.82, 2.24) is 9.97 Å². The second kappa shape index (κ2) is 8.58. The molecule has 8 heteroatoms. The zero-order valence-electron chi connectivity index (χ0n) is 19.8. The SMILES string of the molecule is CCC(Oc1nc(C)nc2c1CC(C#N)(c1ccc(OC)c3oc4ccccc4c13)CC2)C(=O)O. The molecular formula is C27H25N3O5. The fraction of sp³-hybridized carbons (Fsp3) is 0.333. The molecule has 0 fully saturated rings. The van der Waals surface area contributed by atoms with Gasteiger partial charge in [-0.2, -0.15) is 10.2 Å². The van der Waals surface area contributed by atoms with Crippen LogP contribution < -0.4 is 9.47 Å². The number of fused-ring (bicyclic) bond motifs is 4. The summed E-state index contributed by atoms with van der Waals surface area (Å²) >= 11 is 0. The van der Waals surface area contributed by atoms with Crippen LogP contribution in [0.4, 0.5) is 0 Å². The first-order valence-corrected chi connectivity index (χ1v) is 11.6. The molecule has 0 saturated heterocycles. The van der Waals surface area contributed by atoms with Crippen LogP contribution in [0.1, 0.15) is 42.4 Å². The van der Waals surface area contributed by atoms with Gasteiger partial charge in [0.2, 0.25) is 5.88 Å². The molecule has 4 aromatic rings. The lowest BCUT2D eigenvalue weighted by Crippen LogP contribution is -2.34. The zero-order valence-corrected chi connectivity index (χ0v) is 19.8. The molecule has 0 radical (unpaired) electrons. The number of hydrogen-bond acceptors (Lipinski definition) is 7. The molecule has 2 atom stereocenters. The molecule has 178 valence electrons. The predicted octanol–water partition coefficient (Wildman–Crippen LogP) is 4.89. The number of carboxylic acids is 1. The molecule has 2 heterocycles. The number of aromatic nitrogens is 2. The van der Waals surface area contributed by atoms with E-state index in [9.17, 15) is 15.2 Å². The Bertz CT molecular complexity index is 1500. The molecule has 8 nitrogen and oxygen atoms in total. The Balaban J connectivity index is 1.70. The van der Waals surface area contributed by atoms with Gasteiger partial charge < -0.3 is 19.0 Å². The van der Waals surface area contributed by atoms with E-state index in [2.05, 4.69) is 16.0 Å². The second-order valence-corrected chi connectivity index (χ2v) is 8.84. The summed E-state index contributed by atoms with van der Waals surface area (Å²) in [5.41, 5.74) is 2.71. The summed E-state index contributed by atoms with van der Waals surface area (Å²) in [4.78, 5) is 20.7. The molecule has 2 aromatic heterocycles. The number of aliphatic carboxylic acids is 1. The predicted molar refractivity (Wildman–Crippen MR) is 129 cm³/mol. The number of methoxy groups -OCH3 is 1. The summed E-state index contributed by atoms with van der Waals surface area (Å²) in [6, 6.07) is 14.1. The number of carboxylic acid groups (broad SMARTS) is 1. The van der Waals surface area contributed by atoms with Crippen LogP contribution in [0.25, 0.3) is 21.9 Å². The Labute approximate surface area is 202 Å². The molecule has 5 rings (SSSR count). The molecular weight excluding hydrogens is 446 g/mol. The molecule has 1 N–H and O–H groups in total. The van der Waals surface area contributed by atoms with Gasteiger partial charge in [-0.15, -0.1) is 0 Å². The Morgan fingerprint density at radius 3 is 2.80 bits per heavy atom. The van der Waals surface area contributed by atoms with Gasteiger partial charge in [0.05, 0.1) is 24.3 Å². The molecule has 2 aromatic carbocycles. The van der Waals surface area contributed by atoms with Gasteiger partial charge in [0.15, 0.2) is 17.4 Å². The fourth-order valence-electron chi connectivity index (χ4n) is 5.02. The summed E-state index contributed by atoms with van der Waals surface area (Å²) in [5, 5.41) is 21.9. The molecule has 0 amide bonds. The van der Waals surface area contributed by atoms with E-state index in [0.717, 1.165) is 22.0 Å². The molecule has 2 unspecified atom stereocenters. The van der Waals surface area contributed by atoms with Gasteiger partial charge in [0.1, 0.15) is 11.4 Å². The smallest absolute Gasteiger partial charge is 0.344 e. The molecule has 0 saturated carbocycles. The highest BCUT2D eigenvalue weighted by atomic mass is 16.5. The van der Waals surface area contributed by atoms with Gasteiger partial charge in [-0.25, -0.2) is 9.78 Å². The molecule has 1 aliphatic carbocycles. The average Bonchev–Trinajstić information content (AvgIpc) is 3.26. The normalized spacial score (nSPS) is 18.1. The maximum absolute atomic E-state index is 11.7. The maximum Gasteiger partial charge on any atom is 0.344 e. The lowest BCUT2D eigenvalue weighted by atomic mass is 9.68. The lowest BCUT2D eigenvalue weighted by molar-refractivity contribution is -0.145. The third kappa shape index (κ3) is 3.64. The van der Waals surface area contributed by atoms with E-state index in [1.807, 2.05) is 36.4 Å². The maximum atomic E-state index is 11.7. The highest BCUT2D eigenvalue weighted by Gasteiger charge is 2.41. The largest absolute Gasteiger partial charge is 0.493 e. The van der Waals surface area contributed by atoms with Crippen molar-refractivity contribution >= 4 is 27.9 Å². The van der Waals surface area contributed by atoms with Gasteiger partial charge in [-0.05, 0) is 43.9 Å². The van der Waals surface area contributed by atoms with Gasteiger partial charge in [-0.1, -0.05) is 31.2 Å². The standard InChI is InChI=1S/C27H25N3O5/c1-4-20(26(31)32)35-25-17-13-27(14-28,12-11-19(17)29-15(2)30-25)18-9-10-22(33-3)24-23(18)16-7-5-6-8-21(16)34-24/h5-10,20H,4,11-13H2,1-3H3,(H,31,32). The Morgan fingerprint density at radius 2 is 2.09 bits per heavy atom. The summed E-state index contributed by atoms with van der Waals surface area (Å²) in [6.07, 6.45) is 0.638. The van der Waals surface area contributed by atoms with Crippen molar-refractivity contribution in [3.05, 3.63) is 59.0 Å². The van der Waals surface area contributed by atoms with E-state index in [-0.39, 0.29) is 12.3 Å². The number of ether oxygens (including phenoxy) is 2. The minimum Gasteiger partial charge on any atom is -0.493 e. The Hall–Kier alpha value is -4.12. The van der Waals surface area contributed by atoms with Crippen molar-refractivity contribution in [2.45, 2.75) is 51.0 Å². The summed E-state index contributed by atoms with van der Waals surface area (Å²) in [5.74, 6) is 0.292. The number of furan rings is 1. The number of rotatable bonds is 6. The van der Waals surface area contributed by atoms with Crippen LogP contribution >= 0.6 is 0 Å². The van der Waals surface area contributed by atoms with Crippen LogP contribution in [0.5, 0.6) is 11.6 Å². The topological polar surface area (TPSA) is 118 Å². The third-order valence-electron chi connectivity index (χ3n) is 6.77. The van der Waals surface area contributed by atoms with Crippen molar-refractivity contribution < 1.29 is 23.8 Å². The number of aryl methyl sites for hydroxylation is 2. The quantitative estimate of drug-likeness (QED) is 0.422. The Kier molecular flexibility index (Phi) is 5.56. The van der Waals surface area contributed by atoms with Crippen LogP contribution in [0.2, 0.25) is 0 Å². The van der Waals surface area contributed by atoms with Crippen molar-refractivity contribution in [3.8, 4) is 17.7 Å². The number of nitrogens with zero attached hydrogens (tertiary/aromatic N) is 3. The highest BCUT2D eigenvalue weighted by molar-refractivity contribution is 6.09. The first-order chi connectivity index (χ1) is 16.9. The monoisotopic (exact) mass is 471 g/mol. The first kappa shape index (κ1) is 22.7. The van der Waals surface area contributed by atoms with E-state index in [1.54, 1.807) is 21.0 Å². The van der Waals surface area contributed by atoms with Gasteiger partial charge in [0, 0.05) is 22.8 Å². The van der Waals surface area contributed by atoms with E-state index >= 15 is 0 Å². The van der Waals surface area contributed by atoms with Crippen molar-refractivity contribution in [1.29, 1.82) is 5.26 Å². The molecule has 0 aliphatic heterocycles. The van der Waals surface area contributed by atoms with Crippen molar-refractivity contribution in [2.24, 2.45) is 0 Å². The third-order valence-corrected chi connectivity index (χ3v) is 6.77. The van der Waals surface area contributed by atoms with Crippen molar-refractivity contribution in [2.75, 3.05) is 7.11 Å². The van der Waals surface area contributed by atoms with E-state index in [1.165, 1.54) is 0 Å². The number of hydrogen-bond donors (Lipinski definition) is 1. The number of carbonyl (C=O) groups is 1. The van der Waals surface area contributed by atoms with Crippen LogP contribution in [-0.4, -0.2) is 34.3 Å². The molecule has 1 aliphatic rings. The van der Waals surface area contributed by atoms with Gasteiger partial charge >= 0.3 is 5.97 Å². The van der Waals surface area contributed by atoms with E-state index < -0.39 is 17.5 Å². The van der Waals surface area contributed by atoms with Crippen molar-refractivity contribution in [3.63, 3.8) is 0 Å². The summed E-state index contributed by atoms with van der Waals surface area (Å²) < 4.78 is 17.6. The lowest BCUT2D eigenvalue weighted by Gasteiger charge is -2.33. The minimum absolute atomic E-state index is 0.239. The molecule has 0 spiro atoms. The second-order valence-electron chi connectivity index (χ2n) is 8.84. The van der Waals surface area contributed by atoms with E-state index in [4.69, 9.17) is 13.9 Å². The first-order valence-electron chi connectivity index (χ1n) is 11.6. The van der Waals surface area contributed by atoms with E-state index in [0.29, 0.717) is 47.6 Å². The van der Waals surface area contributed by atoms with Crippen LogP contribution in [0.15, 0.2) is 40.8 Å². The number of benzene rings is 2. The summed E-state index contributed by atoms with van der Waals surface area (Å²) in [7, 11) is 1.59. The number of nitriles is 1. The van der Waals surface area contributed by atoms with Gasteiger partial charge in [-0.3, -0.25) is 0 Å². The van der Waals surface area contributed by atoms with Crippen LogP contribution in [-0.2, 0) is 23.1 Å². The average molecular weight is 472 g/mol. The van der Waals surface area contributed by atoms with Crippen LogP contribution in [0, 0.1) is 18.3 Å². The molecule has 35 heavy (non-hydrogen) atoms. The minimum atomic E-state index is -1.05. The number of para-hydroxylation sites is 1. The Morgan fingerprint density at radius 1 is 1.29 bits per heavy atom.